The van der Waals surface area contributed by atoms with Crippen molar-refractivity contribution in [1.82, 2.24) is 19.8 Å². The summed E-state index contributed by atoms with van der Waals surface area (Å²) in [6, 6.07) is 5.99. The molecule has 2 aromatic rings. The molecule has 136 valence electrons. The predicted molar refractivity (Wildman–Crippen MR) is 105 cm³/mol. The fourth-order valence-corrected chi connectivity index (χ4v) is 2.90. The zero-order chi connectivity index (χ0) is 18.4. The molecule has 0 atom stereocenters. The third-order valence-electron chi connectivity index (χ3n) is 3.86. The molecule has 1 N–H and O–H groups in total. The summed E-state index contributed by atoms with van der Waals surface area (Å²) in [4.78, 5) is 13.3. The average molecular weight is 363 g/mol. The van der Waals surface area contributed by atoms with Gasteiger partial charge < -0.3 is 19.7 Å². The maximum Gasteiger partial charge on any atom is 0.194 e. The highest BCUT2D eigenvalue weighted by Gasteiger charge is 2.11. The van der Waals surface area contributed by atoms with Crippen LogP contribution in [0.25, 0.3) is 0 Å². The smallest absolute Gasteiger partial charge is 0.194 e. The van der Waals surface area contributed by atoms with Gasteiger partial charge in [0.2, 0.25) is 0 Å². The van der Waals surface area contributed by atoms with E-state index in [-0.39, 0.29) is 0 Å². The van der Waals surface area contributed by atoms with E-state index in [9.17, 15) is 0 Å². The Bertz CT molecular complexity index is 722. The van der Waals surface area contributed by atoms with E-state index in [0.29, 0.717) is 6.54 Å². The Morgan fingerprint density at radius 2 is 2.12 bits per heavy atom. The fourth-order valence-electron chi connectivity index (χ4n) is 2.63. The molecule has 0 aliphatic heterocycles. The molecule has 2 rings (SSSR count). The third-order valence-corrected chi connectivity index (χ3v) is 4.07. The van der Waals surface area contributed by atoms with Gasteiger partial charge in [-0.1, -0.05) is 17.7 Å². The number of aromatic nitrogens is 2. The maximum absolute atomic E-state index is 6.08. The van der Waals surface area contributed by atoms with Gasteiger partial charge in [-0.2, -0.15) is 0 Å². The van der Waals surface area contributed by atoms with E-state index in [1.54, 1.807) is 6.20 Å². The molecule has 0 fully saturated rings. The van der Waals surface area contributed by atoms with E-state index in [1.165, 1.54) is 0 Å². The van der Waals surface area contributed by atoms with Gasteiger partial charge in [0.1, 0.15) is 5.82 Å². The van der Waals surface area contributed by atoms with Crippen LogP contribution in [-0.4, -0.2) is 48.1 Å². The molecule has 0 saturated heterocycles. The van der Waals surface area contributed by atoms with Crippen LogP contribution < -0.4 is 10.2 Å². The lowest BCUT2D eigenvalue weighted by Crippen LogP contribution is -2.38. The molecule has 0 radical (unpaired) electrons. The summed E-state index contributed by atoms with van der Waals surface area (Å²) < 4.78 is 2.04. The highest BCUT2D eigenvalue weighted by Crippen LogP contribution is 2.16. The van der Waals surface area contributed by atoms with Crippen LogP contribution in [0.3, 0.4) is 0 Å². The van der Waals surface area contributed by atoms with Gasteiger partial charge in [-0.15, -0.1) is 0 Å². The fraction of sp³-hybridized carbons (Fsp3) is 0.444. The van der Waals surface area contributed by atoms with Crippen LogP contribution in [0.2, 0.25) is 5.02 Å². The largest absolute Gasteiger partial charge is 0.362 e. The van der Waals surface area contributed by atoms with Crippen LogP contribution in [0.15, 0.2) is 35.6 Å². The van der Waals surface area contributed by atoms with Gasteiger partial charge in [-0.3, -0.25) is 0 Å². The Morgan fingerprint density at radius 3 is 2.72 bits per heavy atom. The minimum atomic E-state index is 0.571. The molecule has 0 amide bonds. The topological polar surface area (TPSA) is 48.7 Å². The molecule has 0 aromatic carbocycles. The summed E-state index contributed by atoms with van der Waals surface area (Å²) in [6.45, 7) is 4.17. The molecular formula is C18H27ClN6. The molecule has 0 spiro atoms. The Kier molecular flexibility index (Phi) is 6.70. The first-order chi connectivity index (χ1) is 11.9. The zero-order valence-electron chi connectivity index (χ0n) is 15.6. The summed E-state index contributed by atoms with van der Waals surface area (Å²) in [5.74, 6) is 1.80. The van der Waals surface area contributed by atoms with Crippen molar-refractivity contribution < 1.29 is 0 Å². The van der Waals surface area contributed by atoms with Crippen LogP contribution in [-0.2, 0) is 20.1 Å². The van der Waals surface area contributed by atoms with Gasteiger partial charge in [0.15, 0.2) is 5.96 Å². The zero-order valence-corrected chi connectivity index (χ0v) is 16.4. The number of aliphatic imine (C=N–C) groups is 1. The van der Waals surface area contributed by atoms with E-state index in [2.05, 4.69) is 28.2 Å². The normalized spacial score (nSPS) is 11.5. The lowest BCUT2D eigenvalue weighted by molar-refractivity contribution is 0.462. The standard InChI is InChI=1S/C18H27ClN6/c1-6-20-18(25(5)13-16-10-15(19)12-24(16)4)22-11-14-8-7-9-21-17(14)23(2)3/h7-10,12H,6,11,13H2,1-5H3,(H,20,22). The molecule has 0 unspecified atom stereocenters. The van der Waals surface area contributed by atoms with Crippen LogP contribution in [0.5, 0.6) is 0 Å². The van der Waals surface area contributed by atoms with E-state index < -0.39 is 0 Å². The first-order valence-corrected chi connectivity index (χ1v) is 8.71. The SMILES string of the molecule is CCNC(=NCc1cccnc1N(C)C)N(C)Cc1cc(Cl)cn1C. The summed E-state index contributed by atoms with van der Waals surface area (Å²) in [7, 11) is 8.01. The van der Waals surface area contributed by atoms with Crippen molar-refractivity contribution in [2.45, 2.75) is 20.0 Å². The number of nitrogens with zero attached hydrogens (tertiary/aromatic N) is 5. The monoisotopic (exact) mass is 362 g/mol. The number of aryl methyl sites for hydroxylation is 1. The molecule has 2 heterocycles. The number of rotatable bonds is 6. The molecule has 0 aliphatic rings. The van der Waals surface area contributed by atoms with Gasteiger partial charge in [-0.25, -0.2) is 9.98 Å². The number of halogens is 1. The third kappa shape index (κ3) is 5.13. The minimum Gasteiger partial charge on any atom is -0.362 e. The predicted octanol–water partition coefficient (Wildman–Crippen LogP) is 2.74. The quantitative estimate of drug-likeness (QED) is 0.634. The van der Waals surface area contributed by atoms with E-state index in [4.69, 9.17) is 16.6 Å². The van der Waals surface area contributed by atoms with Gasteiger partial charge in [0.05, 0.1) is 18.1 Å². The van der Waals surface area contributed by atoms with Gasteiger partial charge in [0, 0.05) is 58.4 Å². The molecule has 0 saturated carbocycles. The molecule has 0 bridgehead atoms. The molecule has 0 aliphatic carbocycles. The summed E-state index contributed by atoms with van der Waals surface area (Å²) >= 11 is 6.08. The second kappa shape index (κ2) is 8.76. The first kappa shape index (κ1) is 19.1. The van der Waals surface area contributed by atoms with Gasteiger partial charge >= 0.3 is 0 Å². The Labute approximate surface area is 155 Å². The van der Waals surface area contributed by atoms with Gasteiger partial charge in [-0.05, 0) is 19.1 Å². The van der Waals surface area contributed by atoms with E-state index in [1.807, 2.05) is 56.0 Å². The number of nitrogens with one attached hydrogen (secondary N) is 1. The lowest BCUT2D eigenvalue weighted by atomic mass is 10.2. The van der Waals surface area contributed by atoms with Crippen LogP contribution in [0.1, 0.15) is 18.2 Å². The number of hydrogen-bond donors (Lipinski definition) is 1. The average Bonchev–Trinajstić information content (AvgIpc) is 2.88. The summed E-state index contributed by atoms with van der Waals surface area (Å²) in [6.07, 6.45) is 3.72. The number of guanidine groups is 1. The van der Waals surface area contributed by atoms with Gasteiger partial charge in [0.25, 0.3) is 0 Å². The van der Waals surface area contributed by atoms with Crippen LogP contribution >= 0.6 is 11.6 Å². The van der Waals surface area contributed by atoms with Crippen molar-refractivity contribution in [2.75, 3.05) is 32.6 Å². The number of hydrogen-bond acceptors (Lipinski definition) is 3. The second-order valence-electron chi connectivity index (χ2n) is 6.17. The minimum absolute atomic E-state index is 0.571. The van der Waals surface area contributed by atoms with Crippen molar-refractivity contribution in [3.63, 3.8) is 0 Å². The Balaban J connectivity index is 2.16. The van der Waals surface area contributed by atoms with E-state index in [0.717, 1.165) is 41.1 Å². The highest BCUT2D eigenvalue weighted by atomic mass is 35.5. The highest BCUT2D eigenvalue weighted by molar-refractivity contribution is 6.30. The second-order valence-corrected chi connectivity index (χ2v) is 6.60. The van der Waals surface area contributed by atoms with Crippen LogP contribution in [0.4, 0.5) is 5.82 Å². The Hall–Kier alpha value is -2.21. The van der Waals surface area contributed by atoms with Crippen LogP contribution in [0, 0.1) is 0 Å². The number of pyridine rings is 1. The number of anilines is 1. The molecule has 25 heavy (non-hydrogen) atoms. The first-order valence-electron chi connectivity index (χ1n) is 8.33. The van der Waals surface area contributed by atoms with E-state index >= 15 is 0 Å². The maximum atomic E-state index is 6.08. The van der Waals surface area contributed by atoms with Crippen molar-refractivity contribution >= 4 is 23.4 Å². The van der Waals surface area contributed by atoms with Crippen molar-refractivity contribution in [3.05, 3.63) is 46.9 Å². The molecule has 6 nitrogen and oxygen atoms in total. The van der Waals surface area contributed by atoms with Crippen molar-refractivity contribution in [1.29, 1.82) is 0 Å². The summed E-state index contributed by atoms with van der Waals surface area (Å²) in [5.41, 5.74) is 2.23. The molecule has 7 heteroatoms. The van der Waals surface area contributed by atoms with Crippen molar-refractivity contribution in [2.24, 2.45) is 12.0 Å². The molecular weight excluding hydrogens is 336 g/mol. The summed E-state index contributed by atoms with van der Waals surface area (Å²) in [5, 5.41) is 4.10. The molecule has 2 aromatic heterocycles. The Morgan fingerprint density at radius 1 is 1.36 bits per heavy atom. The van der Waals surface area contributed by atoms with Crippen molar-refractivity contribution in [3.8, 4) is 0 Å². The lowest BCUT2D eigenvalue weighted by Gasteiger charge is -2.22.